The Bertz CT molecular complexity index is 546. The summed E-state index contributed by atoms with van der Waals surface area (Å²) in [5, 5.41) is 12.7. The van der Waals surface area contributed by atoms with Crippen molar-refractivity contribution in [3.8, 4) is 11.5 Å². The fraction of sp³-hybridized carbons (Fsp3) is 0.429. The standard InChI is InChI=1S/C14H18N2O5/c1-20-11-5-3-4-10(12(11)17)13(18)16-7-6-9(8-16)15-14(19)21-2/h3-5,9,17H,6-8H2,1-2H3,(H,15,19). The van der Waals surface area contributed by atoms with Crippen molar-refractivity contribution >= 4 is 12.0 Å². The number of amides is 2. The first kappa shape index (κ1) is 15.0. The summed E-state index contributed by atoms with van der Waals surface area (Å²) in [7, 11) is 2.72. The maximum atomic E-state index is 12.4. The molecule has 1 heterocycles. The first-order valence-electron chi connectivity index (χ1n) is 6.56. The molecule has 1 aliphatic rings. The molecule has 1 aliphatic heterocycles. The number of phenols is 1. The molecule has 21 heavy (non-hydrogen) atoms. The Morgan fingerprint density at radius 3 is 2.81 bits per heavy atom. The van der Waals surface area contributed by atoms with E-state index in [0.29, 0.717) is 19.5 Å². The van der Waals surface area contributed by atoms with E-state index >= 15 is 0 Å². The summed E-state index contributed by atoms with van der Waals surface area (Å²) >= 11 is 0. The lowest BCUT2D eigenvalue weighted by atomic mass is 10.1. The van der Waals surface area contributed by atoms with E-state index in [9.17, 15) is 14.7 Å². The third-order valence-electron chi connectivity index (χ3n) is 3.43. The second-order valence-corrected chi connectivity index (χ2v) is 4.73. The zero-order valence-corrected chi connectivity index (χ0v) is 12.0. The van der Waals surface area contributed by atoms with Gasteiger partial charge in [-0.05, 0) is 18.6 Å². The molecule has 1 aromatic rings. The Balaban J connectivity index is 2.07. The van der Waals surface area contributed by atoms with Crippen molar-refractivity contribution in [1.82, 2.24) is 10.2 Å². The smallest absolute Gasteiger partial charge is 0.407 e. The van der Waals surface area contributed by atoms with Crippen LogP contribution in [0.5, 0.6) is 11.5 Å². The van der Waals surface area contributed by atoms with E-state index in [0.717, 1.165) is 0 Å². The van der Waals surface area contributed by atoms with Crippen LogP contribution in [-0.2, 0) is 4.74 Å². The average molecular weight is 294 g/mol. The Hall–Kier alpha value is -2.44. The van der Waals surface area contributed by atoms with Gasteiger partial charge in [0.15, 0.2) is 11.5 Å². The third-order valence-corrected chi connectivity index (χ3v) is 3.43. The fourth-order valence-corrected chi connectivity index (χ4v) is 2.32. The van der Waals surface area contributed by atoms with Crippen LogP contribution in [0.25, 0.3) is 0 Å². The highest BCUT2D eigenvalue weighted by molar-refractivity contribution is 5.97. The largest absolute Gasteiger partial charge is 0.504 e. The molecule has 2 N–H and O–H groups in total. The van der Waals surface area contributed by atoms with Crippen molar-refractivity contribution in [2.24, 2.45) is 0 Å². The number of nitrogens with zero attached hydrogens (tertiary/aromatic N) is 1. The summed E-state index contributed by atoms with van der Waals surface area (Å²) in [4.78, 5) is 25.1. The summed E-state index contributed by atoms with van der Waals surface area (Å²) in [5.41, 5.74) is 0.188. The third kappa shape index (κ3) is 3.18. The van der Waals surface area contributed by atoms with Gasteiger partial charge in [-0.1, -0.05) is 6.07 Å². The minimum absolute atomic E-state index is 0.144. The van der Waals surface area contributed by atoms with Crippen LogP contribution >= 0.6 is 0 Å². The monoisotopic (exact) mass is 294 g/mol. The van der Waals surface area contributed by atoms with Crippen molar-refractivity contribution in [2.45, 2.75) is 12.5 Å². The van der Waals surface area contributed by atoms with Gasteiger partial charge >= 0.3 is 6.09 Å². The molecule has 1 unspecified atom stereocenters. The summed E-state index contributed by atoms with van der Waals surface area (Å²) in [6.45, 7) is 0.884. The van der Waals surface area contributed by atoms with Crippen molar-refractivity contribution in [3.63, 3.8) is 0 Å². The van der Waals surface area contributed by atoms with Crippen LogP contribution in [0.4, 0.5) is 4.79 Å². The van der Waals surface area contributed by atoms with Crippen LogP contribution in [0, 0.1) is 0 Å². The van der Waals surface area contributed by atoms with E-state index < -0.39 is 6.09 Å². The number of ether oxygens (including phenoxy) is 2. The summed E-state index contributed by atoms with van der Waals surface area (Å²) in [6, 6.07) is 4.62. The van der Waals surface area contributed by atoms with Gasteiger partial charge in [-0.2, -0.15) is 0 Å². The van der Waals surface area contributed by atoms with Crippen LogP contribution in [-0.4, -0.2) is 55.4 Å². The van der Waals surface area contributed by atoms with Gasteiger partial charge in [0.25, 0.3) is 5.91 Å². The van der Waals surface area contributed by atoms with Crippen LogP contribution < -0.4 is 10.1 Å². The van der Waals surface area contributed by atoms with Gasteiger partial charge in [0.2, 0.25) is 0 Å². The van der Waals surface area contributed by atoms with Crippen molar-refractivity contribution in [1.29, 1.82) is 0 Å². The molecule has 0 aromatic heterocycles. The number of aromatic hydroxyl groups is 1. The zero-order valence-electron chi connectivity index (χ0n) is 12.0. The number of hydrogen-bond acceptors (Lipinski definition) is 5. The van der Waals surface area contributed by atoms with Crippen molar-refractivity contribution < 1.29 is 24.2 Å². The van der Waals surface area contributed by atoms with Crippen LogP contribution in [0.1, 0.15) is 16.8 Å². The molecular weight excluding hydrogens is 276 g/mol. The van der Waals surface area contributed by atoms with Gasteiger partial charge in [-0.15, -0.1) is 0 Å². The second kappa shape index (κ2) is 6.34. The van der Waals surface area contributed by atoms with E-state index in [-0.39, 0.29) is 29.0 Å². The zero-order chi connectivity index (χ0) is 15.4. The number of benzene rings is 1. The highest BCUT2D eigenvalue weighted by atomic mass is 16.5. The summed E-state index contributed by atoms with van der Waals surface area (Å²) in [5.74, 6) is -0.209. The van der Waals surface area contributed by atoms with E-state index in [2.05, 4.69) is 10.1 Å². The Kier molecular flexibility index (Phi) is 4.52. The SMILES string of the molecule is COC(=O)NC1CCN(C(=O)c2cccc(OC)c2O)C1. The Morgan fingerprint density at radius 1 is 1.38 bits per heavy atom. The molecule has 114 valence electrons. The molecule has 1 fully saturated rings. The topological polar surface area (TPSA) is 88.1 Å². The number of alkyl carbamates (subject to hydrolysis) is 1. The average Bonchev–Trinajstić information content (AvgIpc) is 2.95. The Labute approximate surface area is 122 Å². The van der Waals surface area contributed by atoms with Crippen molar-refractivity contribution in [2.75, 3.05) is 27.3 Å². The lowest BCUT2D eigenvalue weighted by Crippen LogP contribution is -2.38. The number of likely N-dealkylation sites (tertiary alicyclic amines) is 1. The molecule has 1 saturated heterocycles. The maximum absolute atomic E-state index is 12.4. The fourth-order valence-electron chi connectivity index (χ4n) is 2.32. The molecule has 0 radical (unpaired) electrons. The Morgan fingerprint density at radius 2 is 2.14 bits per heavy atom. The van der Waals surface area contributed by atoms with Gasteiger partial charge in [0, 0.05) is 13.1 Å². The molecule has 2 amide bonds. The molecule has 0 aliphatic carbocycles. The minimum Gasteiger partial charge on any atom is -0.504 e. The minimum atomic E-state index is -0.515. The molecule has 1 atom stereocenters. The molecule has 7 heteroatoms. The summed E-state index contributed by atoms with van der Waals surface area (Å²) in [6.07, 6.45) is 0.129. The van der Waals surface area contributed by atoms with E-state index in [4.69, 9.17) is 4.74 Å². The molecule has 7 nitrogen and oxygen atoms in total. The lowest BCUT2D eigenvalue weighted by Gasteiger charge is -2.18. The quantitative estimate of drug-likeness (QED) is 0.867. The van der Waals surface area contributed by atoms with Gasteiger partial charge in [-0.25, -0.2) is 4.79 Å². The molecule has 0 bridgehead atoms. The number of para-hydroxylation sites is 1. The van der Waals surface area contributed by atoms with Crippen LogP contribution in [0.15, 0.2) is 18.2 Å². The number of carbonyl (C=O) groups excluding carboxylic acids is 2. The number of phenolic OH excluding ortho intramolecular Hbond substituents is 1. The first-order valence-corrected chi connectivity index (χ1v) is 6.56. The summed E-state index contributed by atoms with van der Waals surface area (Å²) < 4.78 is 9.52. The predicted octanol–water partition coefficient (Wildman–Crippen LogP) is 0.971. The van der Waals surface area contributed by atoms with Gasteiger partial charge in [0.05, 0.1) is 25.8 Å². The number of methoxy groups -OCH3 is 2. The highest BCUT2D eigenvalue weighted by Crippen LogP contribution is 2.30. The lowest BCUT2D eigenvalue weighted by molar-refractivity contribution is 0.0784. The molecular formula is C14H18N2O5. The second-order valence-electron chi connectivity index (χ2n) is 4.73. The molecule has 0 saturated carbocycles. The molecule has 2 rings (SSSR count). The van der Waals surface area contributed by atoms with Crippen molar-refractivity contribution in [3.05, 3.63) is 23.8 Å². The van der Waals surface area contributed by atoms with Crippen LogP contribution in [0.2, 0.25) is 0 Å². The first-order chi connectivity index (χ1) is 10.1. The predicted molar refractivity (Wildman–Crippen MR) is 74.5 cm³/mol. The molecule has 1 aromatic carbocycles. The van der Waals surface area contributed by atoms with Crippen LogP contribution in [0.3, 0.4) is 0 Å². The maximum Gasteiger partial charge on any atom is 0.407 e. The van der Waals surface area contributed by atoms with Gasteiger partial charge in [-0.3, -0.25) is 4.79 Å². The number of nitrogens with one attached hydrogen (secondary N) is 1. The number of carbonyl (C=O) groups is 2. The van der Waals surface area contributed by atoms with Gasteiger partial charge in [0.1, 0.15) is 0 Å². The molecule has 0 spiro atoms. The van der Waals surface area contributed by atoms with E-state index in [1.165, 1.54) is 14.2 Å². The van der Waals surface area contributed by atoms with E-state index in [1.54, 1.807) is 23.1 Å². The van der Waals surface area contributed by atoms with E-state index in [1.807, 2.05) is 0 Å². The normalized spacial score (nSPS) is 17.4. The van der Waals surface area contributed by atoms with Gasteiger partial charge < -0.3 is 24.8 Å². The number of hydrogen-bond donors (Lipinski definition) is 2. The number of rotatable bonds is 3. The highest BCUT2D eigenvalue weighted by Gasteiger charge is 2.29.